The minimum Gasteiger partial charge on any atom is -0.358 e. The Morgan fingerprint density at radius 2 is 1.82 bits per heavy atom. The zero-order chi connectivity index (χ0) is 15.7. The van der Waals surface area contributed by atoms with Gasteiger partial charge in [-0.05, 0) is 50.1 Å². The Morgan fingerprint density at radius 1 is 1.09 bits per heavy atom. The van der Waals surface area contributed by atoms with E-state index >= 15 is 0 Å². The van der Waals surface area contributed by atoms with Crippen LogP contribution >= 0.6 is 0 Å². The summed E-state index contributed by atoms with van der Waals surface area (Å²) in [7, 11) is 0. The number of aromatic amines is 1. The molecule has 2 aromatic carbocycles. The van der Waals surface area contributed by atoms with Crippen LogP contribution in [-0.2, 0) is 0 Å². The van der Waals surface area contributed by atoms with Gasteiger partial charge in [-0.2, -0.15) is 0 Å². The Hall–Kier alpha value is -2.55. The number of nitrogens with one attached hydrogen (secondary N) is 2. The van der Waals surface area contributed by atoms with Crippen LogP contribution in [0, 0.1) is 13.8 Å². The first-order chi connectivity index (χ1) is 10.6. The van der Waals surface area contributed by atoms with Crippen LogP contribution in [0.3, 0.4) is 0 Å². The highest BCUT2D eigenvalue weighted by Gasteiger charge is 2.13. The molecule has 0 saturated carbocycles. The van der Waals surface area contributed by atoms with Gasteiger partial charge in [0.25, 0.3) is 5.91 Å². The molecule has 3 aromatic rings. The summed E-state index contributed by atoms with van der Waals surface area (Å²) in [6.45, 7) is 6.12. The van der Waals surface area contributed by atoms with Gasteiger partial charge in [0.2, 0.25) is 0 Å². The van der Waals surface area contributed by atoms with Crippen molar-refractivity contribution in [3.05, 3.63) is 70.9 Å². The second-order valence-electron chi connectivity index (χ2n) is 5.74. The lowest BCUT2D eigenvalue weighted by atomic mass is 10.1. The molecule has 3 rings (SSSR count). The van der Waals surface area contributed by atoms with Crippen molar-refractivity contribution in [3.63, 3.8) is 0 Å². The third-order valence-electron chi connectivity index (χ3n) is 4.22. The molecule has 1 amide bonds. The fraction of sp³-hybridized carbons (Fsp3) is 0.211. The fourth-order valence-corrected chi connectivity index (χ4v) is 2.71. The van der Waals surface area contributed by atoms with Crippen molar-refractivity contribution >= 4 is 16.8 Å². The zero-order valence-corrected chi connectivity index (χ0v) is 13.1. The summed E-state index contributed by atoms with van der Waals surface area (Å²) in [5.41, 5.74) is 5.21. The maximum atomic E-state index is 12.5. The molecule has 1 heterocycles. The van der Waals surface area contributed by atoms with E-state index in [4.69, 9.17) is 0 Å². The third-order valence-corrected chi connectivity index (χ3v) is 4.22. The quantitative estimate of drug-likeness (QED) is 0.743. The SMILES string of the molecule is Cc1[nH]c2ccc(C(=O)NC(C)c3ccccc3)cc2c1C. The van der Waals surface area contributed by atoms with Gasteiger partial charge in [0.15, 0.2) is 0 Å². The molecule has 0 radical (unpaired) electrons. The Balaban J connectivity index is 1.84. The van der Waals surface area contributed by atoms with Crippen molar-refractivity contribution in [1.82, 2.24) is 10.3 Å². The average molecular weight is 292 g/mol. The Morgan fingerprint density at radius 3 is 2.55 bits per heavy atom. The monoisotopic (exact) mass is 292 g/mol. The maximum Gasteiger partial charge on any atom is 0.251 e. The highest BCUT2D eigenvalue weighted by atomic mass is 16.1. The summed E-state index contributed by atoms with van der Waals surface area (Å²) in [5, 5.41) is 4.16. The standard InChI is InChI=1S/C19H20N2O/c1-12-13(2)20-18-10-9-16(11-17(12)18)19(22)21-14(3)15-7-5-4-6-8-15/h4-11,14,20H,1-3H3,(H,21,22). The van der Waals surface area contributed by atoms with Gasteiger partial charge in [-0.3, -0.25) is 4.79 Å². The molecule has 0 fully saturated rings. The second kappa shape index (κ2) is 5.68. The number of amides is 1. The lowest BCUT2D eigenvalue weighted by Gasteiger charge is -2.14. The molecule has 112 valence electrons. The second-order valence-corrected chi connectivity index (χ2v) is 5.74. The lowest BCUT2D eigenvalue weighted by molar-refractivity contribution is 0.0940. The molecule has 0 bridgehead atoms. The number of hydrogen-bond donors (Lipinski definition) is 2. The van der Waals surface area contributed by atoms with E-state index in [-0.39, 0.29) is 11.9 Å². The summed E-state index contributed by atoms with van der Waals surface area (Å²) in [4.78, 5) is 15.8. The summed E-state index contributed by atoms with van der Waals surface area (Å²) in [6, 6.07) is 15.8. The van der Waals surface area contributed by atoms with Crippen molar-refractivity contribution < 1.29 is 4.79 Å². The number of carbonyl (C=O) groups excluding carboxylic acids is 1. The van der Waals surface area contributed by atoms with E-state index in [0.29, 0.717) is 5.56 Å². The molecule has 3 nitrogen and oxygen atoms in total. The van der Waals surface area contributed by atoms with E-state index in [0.717, 1.165) is 22.2 Å². The smallest absolute Gasteiger partial charge is 0.251 e. The van der Waals surface area contributed by atoms with Crippen molar-refractivity contribution in [2.24, 2.45) is 0 Å². The maximum absolute atomic E-state index is 12.5. The first-order valence-electron chi connectivity index (χ1n) is 7.51. The van der Waals surface area contributed by atoms with Crippen LogP contribution in [0.1, 0.15) is 40.1 Å². The van der Waals surface area contributed by atoms with Crippen molar-refractivity contribution in [2.45, 2.75) is 26.8 Å². The van der Waals surface area contributed by atoms with E-state index in [9.17, 15) is 4.79 Å². The number of carbonyl (C=O) groups is 1. The van der Waals surface area contributed by atoms with Crippen LogP contribution in [0.4, 0.5) is 0 Å². The van der Waals surface area contributed by atoms with Crippen LogP contribution in [0.25, 0.3) is 10.9 Å². The van der Waals surface area contributed by atoms with Crippen LogP contribution in [0.15, 0.2) is 48.5 Å². The Kier molecular flexibility index (Phi) is 3.72. The predicted octanol–water partition coefficient (Wildman–Crippen LogP) is 4.28. The van der Waals surface area contributed by atoms with Gasteiger partial charge >= 0.3 is 0 Å². The molecule has 22 heavy (non-hydrogen) atoms. The minimum absolute atomic E-state index is 0.0153. The summed E-state index contributed by atoms with van der Waals surface area (Å²) >= 11 is 0. The van der Waals surface area contributed by atoms with Gasteiger partial charge in [-0.25, -0.2) is 0 Å². The van der Waals surface area contributed by atoms with E-state index < -0.39 is 0 Å². The predicted molar refractivity (Wildman–Crippen MR) is 90.1 cm³/mol. The van der Waals surface area contributed by atoms with Crippen LogP contribution in [0.5, 0.6) is 0 Å². The van der Waals surface area contributed by atoms with Gasteiger partial charge < -0.3 is 10.3 Å². The molecule has 1 atom stereocenters. The highest BCUT2D eigenvalue weighted by Crippen LogP contribution is 2.22. The molecular weight excluding hydrogens is 272 g/mol. The zero-order valence-electron chi connectivity index (χ0n) is 13.1. The van der Waals surface area contributed by atoms with E-state index in [2.05, 4.69) is 17.2 Å². The largest absolute Gasteiger partial charge is 0.358 e. The molecule has 0 spiro atoms. The van der Waals surface area contributed by atoms with Gasteiger partial charge in [0, 0.05) is 22.2 Å². The van der Waals surface area contributed by atoms with Gasteiger partial charge in [-0.15, -0.1) is 0 Å². The molecular formula is C19H20N2O. The molecule has 3 heteroatoms. The number of rotatable bonds is 3. The lowest BCUT2D eigenvalue weighted by Crippen LogP contribution is -2.26. The fourth-order valence-electron chi connectivity index (χ4n) is 2.71. The summed E-state index contributed by atoms with van der Waals surface area (Å²) in [5.74, 6) is -0.0449. The summed E-state index contributed by atoms with van der Waals surface area (Å²) in [6.07, 6.45) is 0. The molecule has 0 aliphatic carbocycles. The Labute approximate surface area is 130 Å². The van der Waals surface area contributed by atoms with E-state index in [1.54, 1.807) is 0 Å². The molecule has 0 aliphatic rings. The number of benzene rings is 2. The summed E-state index contributed by atoms with van der Waals surface area (Å²) < 4.78 is 0. The number of hydrogen-bond acceptors (Lipinski definition) is 1. The first-order valence-corrected chi connectivity index (χ1v) is 7.51. The molecule has 1 aromatic heterocycles. The molecule has 2 N–H and O–H groups in total. The number of aromatic nitrogens is 1. The number of aryl methyl sites for hydroxylation is 2. The third kappa shape index (κ3) is 2.62. The van der Waals surface area contributed by atoms with E-state index in [1.165, 1.54) is 5.56 Å². The topological polar surface area (TPSA) is 44.9 Å². The molecule has 1 unspecified atom stereocenters. The normalized spacial score (nSPS) is 12.3. The first kappa shape index (κ1) is 14.4. The van der Waals surface area contributed by atoms with Gasteiger partial charge in [0.05, 0.1) is 6.04 Å². The van der Waals surface area contributed by atoms with Gasteiger partial charge in [0.1, 0.15) is 0 Å². The Bertz CT molecular complexity index is 818. The number of H-pyrrole nitrogens is 1. The van der Waals surface area contributed by atoms with Crippen LogP contribution < -0.4 is 5.32 Å². The van der Waals surface area contributed by atoms with Crippen molar-refractivity contribution in [3.8, 4) is 0 Å². The van der Waals surface area contributed by atoms with Crippen molar-refractivity contribution in [2.75, 3.05) is 0 Å². The highest BCUT2D eigenvalue weighted by molar-refractivity contribution is 5.99. The van der Waals surface area contributed by atoms with Crippen LogP contribution in [0.2, 0.25) is 0 Å². The van der Waals surface area contributed by atoms with Gasteiger partial charge in [-0.1, -0.05) is 30.3 Å². The van der Waals surface area contributed by atoms with E-state index in [1.807, 2.05) is 62.4 Å². The van der Waals surface area contributed by atoms with Crippen molar-refractivity contribution in [1.29, 1.82) is 0 Å². The minimum atomic E-state index is -0.0449. The molecule has 0 aliphatic heterocycles. The molecule has 0 saturated heterocycles. The number of fused-ring (bicyclic) bond motifs is 1. The van der Waals surface area contributed by atoms with Crippen LogP contribution in [-0.4, -0.2) is 10.9 Å². The average Bonchev–Trinajstić information content (AvgIpc) is 2.82.